The van der Waals surface area contributed by atoms with Crippen molar-refractivity contribution in [3.05, 3.63) is 160 Å². The number of ether oxygens (including phenoxy) is 1. The van der Waals surface area contributed by atoms with Crippen LogP contribution in [0.15, 0.2) is 138 Å². The molecule has 188 valence electrons. The zero-order valence-electron chi connectivity index (χ0n) is 21.4. The average Bonchev–Trinajstić information content (AvgIpc) is 3.49. The molecule has 1 aliphatic heterocycles. The van der Waals surface area contributed by atoms with Crippen LogP contribution in [0.1, 0.15) is 22.3 Å². The normalized spacial score (nSPS) is 14.0. The van der Waals surface area contributed by atoms with E-state index in [1.54, 1.807) is 0 Å². The Bertz CT molecular complexity index is 2070. The Kier molecular flexibility index (Phi) is 4.43. The Morgan fingerprint density at radius 1 is 0.475 bits per heavy atom. The first-order valence-corrected chi connectivity index (χ1v) is 14.4. The van der Waals surface area contributed by atoms with E-state index >= 15 is 0 Å². The Hall–Kier alpha value is -4.60. The van der Waals surface area contributed by atoms with Gasteiger partial charge in [-0.05, 0) is 62.4 Å². The highest BCUT2D eigenvalue weighted by atomic mass is 79.9. The minimum absolute atomic E-state index is 0.505. The average molecular weight is 576 g/mol. The number of hydrogen-bond acceptors (Lipinski definition) is 1. The molecule has 0 fully saturated rings. The highest BCUT2D eigenvalue weighted by molar-refractivity contribution is 9.10. The summed E-state index contributed by atoms with van der Waals surface area (Å²) in [6, 6.07) is 48.1. The lowest BCUT2D eigenvalue weighted by molar-refractivity contribution is 0.432. The van der Waals surface area contributed by atoms with E-state index in [0.29, 0.717) is 0 Å². The monoisotopic (exact) mass is 575 g/mol. The molecule has 0 saturated carbocycles. The number of halogens is 1. The van der Waals surface area contributed by atoms with Crippen molar-refractivity contribution in [1.29, 1.82) is 0 Å². The molecule has 0 N–H and O–H groups in total. The smallest absolute Gasteiger partial charge is 0.156 e. The largest absolute Gasteiger partial charge is 0.453 e. The van der Waals surface area contributed by atoms with Gasteiger partial charge < -0.3 is 9.30 Å². The number of hydrogen-bond donors (Lipinski definition) is 0. The lowest BCUT2D eigenvalue weighted by Gasteiger charge is -2.40. The summed E-state index contributed by atoms with van der Waals surface area (Å²) in [5.41, 5.74) is 10.3. The van der Waals surface area contributed by atoms with Crippen LogP contribution >= 0.6 is 15.9 Å². The Morgan fingerprint density at radius 3 is 1.62 bits per heavy atom. The van der Waals surface area contributed by atoms with Gasteiger partial charge in [0.2, 0.25) is 0 Å². The molecule has 6 aromatic carbocycles. The van der Waals surface area contributed by atoms with Gasteiger partial charge in [-0.1, -0.05) is 109 Å². The summed E-state index contributed by atoms with van der Waals surface area (Å²) in [4.78, 5) is 0. The molecule has 1 spiro atoms. The van der Waals surface area contributed by atoms with Gasteiger partial charge in [0.25, 0.3) is 0 Å². The second-order valence-electron chi connectivity index (χ2n) is 10.6. The molecule has 2 nitrogen and oxygen atoms in total. The van der Waals surface area contributed by atoms with Gasteiger partial charge in [-0.15, -0.1) is 0 Å². The van der Waals surface area contributed by atoms with Gasteiger partial charge in [0.15, 0.2) is 5.75 Å². The summed E-state index contributed by atoms with van der Waals surface area (Å²) in [6.45, 7) is 0. The molecule has 0 bridgehead atoms. The van der Waals surface area contributed by atoms with Crippen molar-refractivity contribution >= 4 is 37.7 Å². The van der Waals surface area contributed by atoms with E-state index in [4.69, 9.17) is 4.74 Å². The highest BCUT2D eigenvalue weighted by Crippen LogP contribution is 2.63. The third kappa shape index (κ3) is 2.63. The summed E-state index contributed by atoms with van der Waals surface area (Å²) < 4.78 is 10.3. The van der Waals surface area contributed by atoms with Gasteiger partial charge in [0.05, 0.1) is 26.6 Å². The molecule has 1 aromatic heterocycles. The predicted molar refractivity (Wildman–Crippen MR) is 166 cm³/mol. The number of rotatable bonds is 1. The molecular weight excluding hydrogens is 554 g/mol. The molecule has 0 saturated heterocycles. The number of benzene rings is 6. The van der Waals surface area contributed by atoms with Crippen molar-refractivity contribution in [3.63, 3.8) is 0 Å². The van der Waals surface area contributed by atoms with Crippen LogP contribution in [0.3, 0.4) is 0 Å². The molecule has 1 aliphatic carbocycles. The van der Waals surface area contributed by atoms with Crippen LogP contribution in [0.2, 0.25) is 0 Å². The number of nitrogens with zero attached hydrogens (tertiary/aromatic N) is 1. The molecule has 7 aromatic rings. The third-order valence-electron chi connectivity index (χ3n) is 8.75. The number of para-hydroxylation sites is 4. The highest BCUT2D eigenvalue weighted by Gasteiger charge is 2.51. The van der Waals surface area contributed by atoms with Gasteiger partial charge in [0.1, 0.15) is 5.75 Å². The van der Waals surface area contributed by atoms with E-state index in [0.717, 1.165) is 32.8 Å². The summed E-state index contributed by atoms with van der Waals surface area (Å²) in [6.07, 6.45) is 0. The van der Waals surface area contributed by atoms with Crippen molar-refractivity contribution in [1.82, 2.24) is 4.57 Å². The zero-order valence-corrected chi connectivity index (χ0v) is 23.0. The molecule has 9 rings (SSSR count). The van der Waals surface area contributed by atoms with Crippen molar-refractivity contribution in [2.45, 2.75) is 5.41 Å². The van der Waals surface area contributed by atoms with E-state index in [-0.39, 0.29) is 0 Å². The summed E-state index contributed by atoms with van der Waals surface area (Å²) in [7, 11) is 0. The Balaban J connectivity index is 1.47. The maximum atomic E-state index is 7.01. The summed E-state index contributed by atoms with van der Waals surface area (Å²) >= 11 is 3.87. The third-order valence-corrected chi connectivity index (χ3v) is 9.37. The van der Waals surface area contributed by atoms with Crippen LogP contribution in [0, 0.1) is 0 Å². The lowest BCUT2D eigenvalue weighted by atomic mass is 9.66. The second kappa shape index (κ2) is 7.97. The standard InChI is InChI=1S/C37H22BrNO/c38-31-19-9-17-29-35(31)40-36-30(37(29)27-15-5-1-11-23(27)24-12-2-6-16-28(24)37)18-10-22-34(36)39-32-20-7-3-13-25(32)26-14-4-8-21-33(26)39/h1-22H. The van der Waals surface area contributed by atoms with Crippen LogP contribution < -0.4 is 4.74 Å². The van der Waals surface area contributed by atoms with Gasteiger partial charge in [-0.25, -0.2) is 0 Å². The fourth-order valence-electron chi connectivity index (χ4n) is 7.26. The molecule has 3 heteroatoms. The fraction of sp³-hybridized carbons (Fsp3) is 0.0270. The first-order valence-electron chi connectivity index (χ1n) is 13.6. The van der Waals surface area contributed by atoms with Crippen LogP contribution in [0.25, 0.3) is 38.6 Å². The minimum atomic E-state index is -0.505. The van der Waals surface area contributed by atoms with Crippen LogP contribution in [-0.4, -0.2) is 4.57 Å². The lowest BCUT2D eigenvalue weighted by Crippen LogP contribution is -2.32. The van der Waals surface area contributed by atoms with E-state index in [2.05, 4.69) is 154 Å². The van der Waals surface area contributed by atoms with Crippen LogP contribution in [-0.2, 0) is 5.41 Å². The molecule has 2 heterocycles. The minimum Gasteiger partial charge on any atom is -0.453 e. The SMILES string of the molecule is Brc1cccc2c1Oc1c(-n3c4ccccc4c4ccccc43)cccc1C21c2ccccc2-c2ccccc21. The first kappa shape index (κ1) is 22.2. The summed E-state index contributed by atoms with van der Waals surface area (Å²) in [5, 5.41) is 2.47. The topological polar surface area (TPSA) is 14.2 Å². The molecule has 2 aliphatic rings. The van der Waals surface area contributed by atoms with Crippen molar-refractivity contribution in [3.8, 4) is 28.3 Å². The van der Waals surface area contributed by atoms with Crippen molar-refractivity contribution in [2.75, 3.05) is 0 Å². The quantitative estimate of drug-likeness (QED) is 0.190. The maximum absolute atomic E-state index is 7.01. The van der Waals surface area contributed by atoms with Gasteiger partial charge in [0, 0.05) is 21.9 Å². The van der Waals surface area contributed by atoms with Crippen LogP contribution in [0.4, 0.5) is 0 Å². The summed E-state index contributed by atoms with van der Waals surface area (Å²) in [5.74, 6) is 1.76. The van der Waals surface area contributed by atoms with E-state index < -0.39 is 5.41 Å². The van der Waals surface area contributed by atoms with E-state index in [1.807, 2.05) is 0 Å². The zero-order chi connectivity index (χ0) is 26.4. The number of aromatic nitrogens is 1. The first-order chi connectivity index (χ1) is 19.8. The predicted octanol–water partition coefficient (Wildman–Crippen LogP) is 10.0. The molecule has 0 radical (unpaired) electrons. The Morgan fingerprint density at radius 2 is 0.975 bits per heavy atom. The van der Waals surface area contributed by atoms with Gasteiger partial charge in [-0.3, -0.25) is 0 Å². The van der Waals surface area contributed by atoms with E-state index in [1.165, 1.54) is 44.1 Å². The van der Waals surface area contributed by atoms with Crippen LogP contribution in [0.5, 0.6) is 11.5 Å². The molecule has 0 atom stereocenters. The molecular formula is C37H22BrNO. The number of fused-ring (bicyclic) bond motifs is 12. The Labute approximate surface area is 240 Å². The van der Waals surface area contributed by atoms with E-state index in [9.17, 15) is 0 Å². The fourth-order valence-corrected chi connectivity index (χ4v) is 7.70. The molecule has 0 amide bonds. The van der Waals surface area contributed by atoms with Crippen molar-refractivity contribution in [2.24, 2.45) is 0 Å². The van der Waals surface area contributed by atoms with Crippen molar-refractivity contribution < 1.29 is 4.74 Å². The second-order valence-corrected chi connectivity index (χ2v) is 11.4. The maximum Gasteiger partial charge on any atom is 0.156 e. The molecule has 40 heavy (non-hydrogen) atoms. The van der Waals surface area contributed by atoms with Gasteiger partial charge >= 0.3 is 0 Å². The molecule has 0 unspecified atom stereocenters. The van der Waals surface area contributed by atoms with Gasteiger partial charge in [-0.2, -0.15) is 0 Å².